The standard InChI is InChI=1S/C5H5N.C5H7O2.Ir/c1-2-4-6-5-3-1;1-4(6)3-5(2)7;/h1-5H;3H,1-2H3;. The number of carbonyl (C=O) groups excluding carboxylic acids is 2. The molecule has 0 amide bonds. The Balaban J connectivity index is 0.000000249. The van der Waals surface area contributed by atoms with Crippen LogP contribution < -0.4 is 0 Å². The fourth-order valence-corrected chi connectivity index (χ4v) is 0.599. The van der Waals surface area contributed by atoms with Crippen molar-refractivity contribution in [2.45, 2.75) is 18.3 Å². The zero-order valence-electron chi connectivity index (χ0n) is 8.06. The molecule has 1 heterocycles. The smallest absolute Gasteiger partial charge is 0.0267 e. The van der Waals surface area contributed by atoms with Crippen LogP contribution in [-0.2, 0) is 28.5 Å². The van der Waals surface area contributed by atoms with Crippen LogP contribution in [0, 0.1) is 0 Å². The van der Waals surface area contributed by atoms with Gasteiger partial charge in [0.25, 0.3) is 0 Å². The SMILES string of the molecule is CC(=O)[CH]([Ir])C(C)=O.c1ccncc1. The number of aromatic nitrogens is 1. The second-order valence-corrected chi connectivity index (χ2v) is 3.97. The molecule has 1 aromatic rings. The predicted molar refractivity (Wildman–Crippen MR) is 49.3 cm³/mol. The minimum atomic E-state index is -0.407. The van der Waals surface area contributed by atoms with E-state index in [0.717, 1.165) is 0 Å². The summed E-state index contributed by atoms with van der Waals surface area (Å²) in [7, 11) is 0. The van der Waals surface area contributed by atoms with Gasteiger partial charge in [0.2, 0.25) is 0 Å². The molecule has 0 aliphatic carbocycles. The molecule has 3 nitrogen and oxygen atoms in total. The van der Waals surface area contributed by atoms with Crippen LogP contribution in [0.4, 0.5) is 0 Å². The van der Waals surface area contributed by atoms with Crippen molar-refractivity contribution in [1.82, 2.24) is 4.98 Å². The summed E-state index contributed by atoms with van der Waals surface area (Å²) in [6.45, 7) is 2.85. The van der Waals surface area contributed by atoms with Crippen molar-refractivity contribution in [1.29, 1.82) is 0 Å². The van der Waals surface area contributed by atoms with Gasteiger partial charge in [-0.15, -0.1) is 0 Å². The third-order valence-corrected chi connectivity index (χ3v) is 3.19. The number of ketones is 2. The van der Waals surface area contributed by atoms with Crippen molar-refractivity contribution in [3.05, 3.63) is 30.6 Å². The van der Waals surface area contributed by atoms with E-state index in [0.29, 0.717) is 0 Å². The van der Waals surface area contributed by atoms with Gasteiger partial charge in [-0.2, -0.15) is 0 Å². The Bertz CT molecular complexity index is 247. The third-order valence-electron chi connectivity index (χ3n) is 1.24. The van der Waals surface area contributed by atoms with Gasteiger partial charge in [-0.25, -0.2) is 0 Å². The van der Waals surface area contributed by atoms with Crippen molar-refractivity contribution in [3.8, 4) is 0 Å². The second kappa shape index (κ2) is 7.53. The summed E-state index contributed by atoms with van der Waals surface area (Å²) in [6, 6.07) is 5.72. The molecule has 0 atom stereocenters. The van der Waals surface area contributed by atoms with Crippen molar-refractivity contribution >= 4 is 11.6 Å². The molecule has 0 fully saturated rings. The Morgan fingerprint density at radius 1 is 1.07 bits per heavy atom. The van der Waals surface area contributed by atoms with Gasteiger partial charge >= 0.3 is 58.3 Å². The second-order valence-electron chi connectivity index (χ2n) is 2.58. The van der Waals surface area contributed by atoms with Gasteiger partial charge in [-0.05, 0) is 12.1 Å². The average Bonchev–Trinajstić information content (AvgIpc) is 2.20. The Morgan fingerprint density at radius 3 is 1.57 bits per heavy atom. The minimum Gasteiger partial charge on any atom is -0.265 e. The van der Waals surface area contributed by atoms with Crippen LogP contribution in [0.25, 0.3) is 0 Å². The van der Waals surface area contributed by atoms with Gasteiger partial charge < -0.3 is 0 Å². The maximum absolute atomic E-state index is 10.4. The van der Waals surface area contributed by atoms with Gasteiger partial charge in [-0.3, -0.25) is 4.98 Å². The summed E-state index contributed by atoms with van der Waals surface area (Å²) < 4.78 is -0.407. The molecule has 0 aliphatic rings. The molecule has 0 aliphatic heterocycles. The molecule has 1 rings (SSSR count). The maximum atomic E-state index is 10.4. The van der Waals surface area contributed by atoms with Gasteiger partial charge in [0, 0.05) is 12.4 Å². The molecule has 4 heteroatoms. The molecule has 78 valence electrons. The first-order valence-electron chi connectivity index (χ1n) is 4.03. The molecule has 0 unspecified atom stereocenters. The van der Waals surface area contributed by atoms with Crippen LogP contribution in [0.3, 0.4) is 0 Å². The monoisotopic (exact) mass is 371 g/mol. The van der Waals surface area contributed by atoms with Crippen molar-refractivity contribution < 1.29 is 28.5 Å². The summed E-state index contributed by atoms with van der Waals surface area (Å²) in [5.41, 5.74) is 0. The zero-order valence-corrected chi connectivity index (χ0v) is 10.5. The van der Waals surface area contributed by atoms with E-state index in [1.807, 2.05) is 18.2 Å². The molecule has 0 saturated carbocycles. The third kappa shape index (κ3) is 6.63. The molecule has 0 spiro atoms. The van der Waals surface area contributed by atoms with E-state index in [4.69, 9.17) is 0 Å². The molecular formula is C10H12IrNO2. The van der Waals surface area contributed by atoms with Crippen molar-refractivity contribution in [2.24, 2.45) is 0 Å². The summed E-state index contributed by atoms with van der Waals surface area (Å²) in [4.78, 5) is 24.5. The fraction of sp³-hybridized carbons (Fsp3) is 0.300. The van der Waals surface area contributed by atoms with Gasteiger partial charge in [0.15, 0.2) is 0 Å². The molecular weight excluding hydrogens is 358 g/mol. The van der Waals surface area contributed by atoms with Crippen LogP contribution in [-0.4, -0.2) is 16.6 Å². The number of pyridine rings is 1. The number of hydrogen-bond acceptors (Lipinski definition) is 3. The molecule has 0 saturated heterocycles. The van der Waals surface area contributed by atoms with Gasteiger partial charge in [-0.1, -0.05) is 6.07 Å². The van der Waals surface area contributed by atoms with Crippen LogP contribution >= 0.6 is 0 Å². The largest absolute Gasteiger partial charge is 0.265 e. The average molecular weight is 370 g/mol. The van der Waals surface area contributed by atoms with E-state index in [9.17, 15) is 9.59 Å². The fourth-order valence-electron chi connectivity index (χ4n) is 0.599. The van der Waals surface area contributed by atoms with E-state index >= 15 is 0 Å². The van der Waals surface area contributed by atoms with E-state index in [1.165, 1.54) is 13.8 Å². The number of hydrogen-bond donors (Lipinski definition) is 0. The summed E-state index contributed by atoms with van der Waals surface area (Å²) in [5.74, 6) is -0.116. The first-order valence-corrected chi connectivity index (χ1v) is 5.41. The molecule has 0 bridgehead atoms. The molecule has 0 aromatic carbocycles. The number of carbonyl (C=O) groups is 2. The van der Waals surface area contributed by atoms with E-state index < -0.39 is 4.43 Å². The summed E-state index contributed by atoms with van der Waals surface area (Å²) in [5, 5.41) is 0. The molecule has 1 aromatic heterocycles. The Hall–Kier alpha value is -0.861. The topological polar surface area (TPSA) is 47.0 Å². The summed E-state index contributed by atoms with van der Waals surface area (Å²) in [6.07, 6.45) is 3.50. The number of Topliss-reactive ketones (excluding diaryl/α,β-unsaturated/α-hetero) is 2. The molecule has 14 heavy (non-hydrogen) atoms. The van der Waals surface area contributed by atoms with Crippen LogP contribution in [0.1, 0.15) is 13.8 Å². The normalized spacial score (nSPS) is 8.93. The molecule has 0 radical (unpaired) electrons. The Morgan fingerprint density at radius 2 is 1.50 bits per heavy atom. The summed E-state index contributed by atoms with van der Waals surface area (Å²) >= 11 is 1.62. The number of nitrogens with zero attached hydrogens (tertiary/aromatic N) is 1. The van der Waals surface area contributed by atoms with Crippen LogP contribution in [0.5, 0.6) is 0 Å². The van der Waals surface area contributed by atoms with E-state index in [2.05, 4.69) is 4.98 Å². The van der Waals surface area contributed by atoms with Crippen LogP contribution in [0.2, 0.25) is 4.43 Å². The first-order chi connectivity index (χ1) is 6.55. The van der Waals surface area contributed by atoms with E-state index in [-0.39, 0.29) is 11.6 Å². The Kier molecular flexibility index (Phi) is 7.07. The van der Waals surface area contributed by atoms with Crippen molar-refractivity contribution in [2.75, 3.05) is 0 Å². The van der Waals surface area contributed by atoms with Gasteiger partial charge in [0.05, 0.1) is 0 Å². The predicted octanol–water partition coefficient (Wildman–Crippen LogP) is 1.58. The van der Waals surface area contributed by atoms with E-state index in [1.54, 1.807) is 31.3 Å². The Labute approximate surface area is 94.1 Å². The first kappa shape index (κ1) is 13.1. The molecule has 0 N–H and O–H groups in total. The van der Waals surface area contributed by atoms with Crippen molar-refractivity contribution in [3.63, 3.8) is 0 Å². The van der Waals surface area contributed by atoms with Gasteiger partial charge in [0.1, 0.15) is 0 Å². The maximum Gasteiger partial charge on any atom is 0.0267 e. The quantitative estimate of drug-likeness (QED) is 0.743. The number of rotatable bonds is 2. The minimum absolute atomic E-state index is 0.0579. The zero-order chi connectivity index (χ0) is 11.0. The van der Waals surface area contributed by atoms with Crippen LogP contribution in [0.15, 0.2) is 30.6 Å².